The Balaban J connectivity index is 1.87. The second-order valence-electron chi connectivity index (χ2n) is 5.69. The highest BCUT2D eigenvalue weighted by Crippen LogP contribution is 2.27. The number of nitrogens with zero attached hydrogens (tertiary/aromatic N) is 2. The van der Waals surface area contributed by atoms with E-state index in [-0.39, 0.29) is 5.92 Å². The average Bonchev–Trinajstić information content (AvgIpc) is 2.46. The molecule has 1 aliphatic rings. The molecule has 0 aliphatic carbocycles. The maximum absolute atomic E-state index is 11.4. The third-order valence-corrected chi connectivity index (χ3v) is 4.26. The van der Waals surface area contributed by atoms with Crippen LogP contribution >= 0.6 is 0 Å². The van der Waals surface area contributed by atoms with Crippen LogP contribution in [0.15, 0.2) is 30.3 Å². The quantitative estimate of drug-likeness (QED) is 0.837. The molecule has 2 aromatic rings. The number of carbonyl (C=O) groups is 1. The van der Waals surface area contributed by atoms with Gasteiger partial charge in [0.1, 0.15) is 11.6 Å². The lowest BCUT2D eigenvalue weighted by molar-refractivity contribution is -0.121. The number of hydrogen-bond donors (Lipinski definition) is 0. The Morgan fingerprint density at radius 2 is 1.95 bits per heavy atom. The minimum Gasteiger partial charge on any atom is -0.356 e. The summed E-state index contributed by atoms with van der Waals surface area (Å²) in [4.78, 5) is 18.6. The highest BCUT2D eigenvalue weighted by Gasteiger charge is 2.23. The number of carbonyl (C=O) groups excluding carboxylic acids is 1. The standard InChI is InChI=1S/C17H20N2O/c1-12-11-15-5-3-4-6-16(15)18-17(12)19-9-7-14(8-10-19)13(2)20/h3-6,11,14H,7-10H2,1-2H3. The summed E-state index contributed by atoms with van der Waals surface area (Å²) < 4.78 is 0. The smallest absolute Gasteiger partial charge is 0.133 e. The third kappa shape index (κ3) is 2.40. The van der Waals surface area contributed by atoms with Crippen LogP contribution in [0.4, 0.5) is 5.82 Å². The van der Waals surface area contributed by atoms with E-state index in [9.17, 15) is 4.79 Å². The number of aryl methyl sites for hydroxylation is 1. The second-order valence-corrected chi connectivity index (χ2v) is 5.69. The van der Waals surface area contributed by atoms with E-state index in [0.717, 1.165) is 37.3 Å². The molecule has 0 bridgehead atoms. The molecule has 1 saturated heterocycles. The van der Waals surface area contributed by atoms with Gasteiger partial charge in [-0.25, -0.2) is 4.98 Å². The van der Waals surface area contributed by atoms with Crippen LogP contribution in [0.3, 0.4) is 0 Å². The van der Waals surface area contributed by atoms with E-state index < -0.39 is 0 Å². The predicted octanol–water partition coefficient (Wildman–Crippen LogP) is 3.35. The average molecular weight is 268 g/mol. The van der Waals surface area contributed by atoms with Gasteiger partial charge in [-0.1, -0.05) is 18.2 Å². The Bertz CT molecular complexity index is 642. The van der Waals surface area contributed by atoms with E-state index in [1.807, 2.05) is 12.1 Å². The number of Topliss-reactive ketones (excluding diaryl/α,β-unsaturated/α-hetero) is 1. The molecule has 0 saturated carbocycles. The van der Waals surface area contributed by atoms with Gasteiger partial charge in [0.2, 0.25) is 0 Å². The highest BCUT2D eigenvalue weighted by molar-refractivity contribution is 5.82. The molecule has 0 spiro atoms. The summed E-state index contributed by atoms with van der Waals surface area (Å²) in [5, 5.41) is 1.19. The van der Waals surface area contributed by atoms with Gasteiger partial charge >= 0.3 is 0 Å². The van der Waals surface area contributed by atoms with Gasteiger partial charge in [-0.05, 0) is 44.4 Å². The van der Waals surface area contributed by atoms with Crippen molar-refractivity contribution in [1.82, 2.24) is 4.98 Å². The van der Waals surface area contributed by atoms with Crippen LogP contribution in [0.2, 0.25) is 0 Å². The maximum atomic E-state index is 11.4. The monoisotopic (exact) mass is 268 g/mol. The fourth-order valence-corrected chi connectivity index (χ4v) is 3.03. The normalized spacial score (nSPS) is 16.6. The van der Waals surface area contributed by atoms with Gasteiger partial charge in [-0.15, -0.1) is 0 Å². The number of rotatable bonds is 2. The summed E-state index contributed by atoms with van der Waals surface area (Å²) in [7, 11) is 0. The van der Waals surface area contributed by atoms with Crippen molar-refractivity contribution in [3.05, 3.63) is 35.9 Å². The Kier molecular flexibility index (Phi) is 3.43. The number of fused-ring (bicyclic) bond motifs is 1. The van der Waals surface area contributed by atoms with Gasteiger partial charge in [0.25, 0.3) is 0 Å². The van der Waals surface area contributed by atoms with Crippen LogP contribution in [0, 0.1) is 12.8 Å². The van der Waals surface area contributed by atoms with Crippen molar-refractivity contribution in [2.24, 2.45) is 5.92 Å². The summed E-state index contributed by atoms with van der Waals surface area (Å²) in [5.41, 5.74) is 2.26. The van der Waals surface area contributed by atoms with Crippen LogP contribution in [-0.4, -0.2) is 23.9 Å². The fraction of sp³-hybridized carbons (Fsp3) is 0.412. The van der Waals surface area contributed by atoms with Crippen LogP contribution in [-0.2, 0) is 4.79 Å². The molecule has 0 amide bonds. The van der Waals surface area contributed by atoms with Gasteiger partial charge in [0.05, 0.1) is 5.52 Å². The minimum absolute atomic E-state index is 0.243. The van der Waals surface area contributed by atoms with Crippen molar-refractivity contribution in [1.29, 1.82) is 0 Å². The molecule has 1 aromatic carbocycles. The first-order chi connectivity index (χ1) is 9.65. The Morgan fingerprint density at radius 1 is 1.25 bits per heavy atom. The molecule has 3 heteroatoms. The second kappa shape index (κ2) is 5.23. The van der Waals surface area contributed by atoms with Crippen molar-refractivity contribution >= 4 is 22.5 Å². The molecule has 2 heterocycles. The van der Waals surface area contributed by atoms with Gasteiger partial charge in [0.15, 0.2) is 0 Å². The van der Waals surface area contributed by atoms with E-state index in [2.05, 4.69) is 30.0 Å². The zero-order chi connectivity index (χ0) is 14.1. The largest absolute Gasteiger partial charge is 0.356 e. The fourth-order valence-electron chi connectivity index (χ4n) is 3.03. The van der Waals surface area contributed by atoms with Gasteiger partial charge in [-0.3, -0.25) is 4.79 Å². The van der Waals surface area contributed by atoms with Crippen LogP contribution in [0.25, 0.3) is 10.9 Å². The Morgan fingerprint density at radius 3 is 2.65 bits per heavy atom. The van der Waals surface area contributed by atoms with E-state index in [1.165, 1.54) is 10.9 Å². The summed E-state index contributed by atoms with van der Waals surface area (Å²) in [5.74, 6) is 1.64. The Hall–Kier alpha value is -1.90. The van der Waals surface area contributed by atoms with E-state index >= 15 is 0 Å². The number of piperidine rings is 1. The lowest BCUT2D eigenvalue weighted by Gasteiger charge is -2.32. The number of anilines is 1. The van der Waals surface area contributed by atoms with Crippen molar-refractivity contribution in [2.45, 2.75) is 26.7 Å². The molecule has 0 radical (unpaired) electrons. The number of aromatic nitrogens is 1. The van der Waals surface area contributed by atoms with Gasteiger partial charge in [-0.2, -0.15) is 0 Å². The first kappa shape index (κ1) is 13.1. The van der Waals surface area contributed by atoms with E-state index in [4.69, 9.17) is 4.98 Å². The summed E-state index contributed by atoms with van der Waals surface area (Å²) in [6.07, 6.45) is 1.90. The van der Waals surface area contributed by atoms with Gasteiger partial charge < -0.3 is 4.90 Å². The van der Waals surface area contributed by atoms with Crippen LogP contribution < -0.4 is 4.90 Å². The molecule has 0 atom stereocenters. The summed E-state index contributed by atoms with van der Waals surface area (Å²) in [6.45, 7) is 5.68. The molecule has 20 heavy (non-hydrogen) atoms. The number of hydrogen-bond acceptors (Lipinski definition) is 3. The molecule has 1 fully saturated rings. The van der Waals surface area contributed by atoms with E-state index in [1.54, 1.807) is 6.92 Å². The molecule has 0 N–H and O–H groups in total. The Labute approximate surface area is 119 Å². The molecular weight excluding hydrogens is 248 g/mol. The zero-order valence-corrected chi connectivity index (χ0v) is 12.1. The molecule has 3 rings (SSSR count). The van der Waals surface area contributed by atoms with Gasteiger partial charge in [0, 0.05) is 24.4 Å². The summed E-state index contributed by atoms with van der Waals surface area (Å²) in [6, 6.07) is 10.4. The molecule has 104 valence electrons. The summed E-state index contributed by atoms with van der Waals surface area (Å²) >= 11 is 0. The maximum Gasteiger partial charge on any atom is 0.133 e. The number of ketones is 1. The molecule has 1 aromatic heterocycles. The topological polar surface area (TPSA) is 33.2 Å². The lowest BCUT2D eigenvalue weighted by atomic mass is 9.93. The molecule has 0 unspecified atom stereocenters. The van der Waals surface area contributed by atoms with Crippen molar-refractivity contribution in [3.63, 3.8) is 0 Å². The number of para-hydroxylation sites is 1. The minimum atomic E-state index is 0.243. The van der Waals surface area contributed by atoms with Crippen LogP contribution in [0.5, 0.6) is 0 Å². The first-order valence-electron chi connectivity index (χ1n) is 7.27. The third-order valence-electron chi connectivity index (χ3n) is 4.26. The number of pyridine rings is 1. The van der Waals surface area contributed by atoms with Crippen molar-refractivity contribution in [3.8, 4) is 0 Å². The van der Waals surface area contributed by atoms with Crippen LogP contribution in [0.1, 0.15) is 25.3 Å². The lowest BCUT2D eigenvalue weighted by Crippen LogP contribution is -2.36. The first-order valence-corrected chi connectivity index (χ1v) is 7.27. The SMILES string of the molecule is CC(=O)C1CCN(c2nc3ccccc3cc2C)CC1. The predicted molar refractivity (Wildman–Crippen MR) is 82.1 cm³/mol. The van der Waals surface area contributed by atoms with Crippen molar-refractivity contribution in [2.75, 3.05) is 18.0 Å². The highest BCUT2D eigenvalue weighted by atomic mass is 16.1. The molecular formula is C17H20N2O. The van der Waals surface area contributed by atoms with E-state index in [0.29, 0.717) is 5.78 Å². The number of benzene rings is 1. The molecule has 1 aliphatic heterocycles. The zero-order valence-electron chi connectivity index (χ0n) is 12.1. The molecule has 3 nitrogen and oxygen atoms in total. The van der Waals surface area contributed by atoms with Crippen molar-refractivity contribution < 1.29 is 4.79 Å².